The van der Waals surface area contributed by atoms with Crippen molar-refractivity contribution in [2.75, 3.05) is 5.73 Å². The van der Waals surface area contributed by atoms with Crippen LogP contribution >= 0.6 is 0 Å². The minimum Gasteiger partial charge on any atom is -0.397 e. The van der Waals surface area contributed by atoms with Crippen LogP contribution in [0.4, 0.5) is 5.69 Å². The molecular weight excluding hydrogens is 174 g/mol. The summed E-state index contributed by atoms with van der Waals surface area (Å²) in [5, 5.41) is 0. The van der Waals surface area contributed by atoms with E-state index in [9.17, 15) is 0 Å². The number of nitrogens with zero attached hydrogens (tertiary/aromatic N) is 1. The first-order valence-corrected chi connectivity index (χ1v) is 5.25. The van der Waals surface area contributed by atoms with E-state index in [2.05, 4.69) is 4.98 Å². The van der Waals surface area contributed by atoms with Crippen molar-refractivity contribution in [3.05, 3.63) is 23.5 Å². The van der Waals surface area contributed by atoms with Crippen LogP contribution < -0.4 is 11.5 Å². The highest BCUT2D eigenvalue weighted by atomic mass is 14.8. The van der Waals surface area contributed by atoms with Crippen LogP contribution in [-0.2, 0) is 6.54 Å². The summed E-state index contributed by atoms with van der Waals surface area (Å²) in [5.74, 6) is 0.585. The lowest BCUT2D eigenvalue weighted by Gasteiger charge is -2.11. The standard InChI is InChI=1S/C11H17N3/c12-6-8-5-10(13)11(14-7-8)9-3-1-2-4-9/h5,7,9H,1-4,6,12-13H2. The molecule has 3 nitrogen and oxygen atoms in total. The Kier molecular flexibility index (Phi) is 2.68. The van der Waals surface area contributed by atoms with E-state index in [0.717, 1.165) is 16.9 Å². The molecular formula is C11H17N3. The SMILES string of the molecule is NCc1cnc(C2CCCC2)c(N)c1. The highest BCUT2D eigenvalue weighted by molar-refractivity contribution is 5.46. The van der Waals surface area contributed by atoms with Crippen molar-refractivity contribution in [1.29, 1.82) is 0 Å². The number of nitrogen functional groups attached to an aromatic ring is 1. The van der Waals surface area contributed by atoms with Crippen LogP contribution in [0.15, 0.2) is 12.3 Å². The fourth-order valence-corrected chi connectivity index (χ4v) is 2.19. The van der Waals surface area contributed by atoms with Gasteiger partial charge in [0.2, 0.25) is 0 Å². The third-order valence-electron chi connectivity index (χ3n) is 2.98. The third-order valence-corrected chi connectivity index (χ3v) is 2.98. The normalized spacial score (nSPS) is 17.5. The Hall–Kier alpha value is -1.09. The van der Waals surface area contributed by atoms with E-state index in [0.29, 0.717) is 12.5 Å². The van der Waals surface area contributed by atoms with Gasteiger partial charge in [-0.05, 0) is 24.5 Å². The second-order valence-corrected chi connectivity index (χ2v) is 4.00. The fraction of sp³-hybridized carbons (Fsp3) is 0.545. The van der Waals surface area contributed by atoms with Crippen LogP contribution in [0, 0.1) is 0 Å². The molecule has 0 aromatic carbocycles. The van der Waals surface area contributed by atoms with Crippen LogP contribution in [0.1, 0.15) is 42.9 Å². The van der Waals surface area contributed by atoms with Crippen molar-refractivity contribution >= 4 is 5.69 Å². The molecule has 0 bridgehead atoms. The molecule has 76 valence electrons. The summed E-state index contributed by atoms with van der Waals surface area (Å²) < 4.78 is 0. The maximum atomic E-state index is 5.96. The highest BCUT2D eigenvalue weighted by Gasteiger charge is 2.20. The van der Waals surface area contributed by atoms with Gasteiger partial charge in [-0.3, -0.25) is 4.98 Å². The minimum absolute atomic E-state index is 0.516. The van der Waals surface area contributed by atoms with Gasteiger partial charge in [0.25, 0.3) is 0 Å². The Balaban J connectivity index is 2.25. The first-order valence-electron chi connectivity index (χ1n) is 5.25. The van der Waals surface area contributed by atoms with Crippen molar-refractivity contribution in [2.45, 2.75) is 38.1 Å². The molecule has 0 radical (unpaired) electrons. The molecule has 0 spiro atoms. The minimum atomic E-state index is 0.516. The fourth-order valence-electron chi connectivity index (χ4n) is 2.19. The first-order chi connectivity index (χ1) is 6.81. The summed E-state index contributed by atoms with van der Waals surface area (Å²) in [5.41, 5.74) is 14.4. The molecule has 1 aromatic heterocycles. The number of hydrogen-bond acceptors (Lipinski definition) is 3. The second kappa shape index (κ2) is 3.96. The molecule has 2 rings (SSSR count). The zero-order valence-corrected chi connectivity index (χ0v) is 8.37. The Morgan fingerprint density at radius 3 is 2.64 bits per heavy atom. The topological polar surface area (TPSA) is 64.9 Å². The lowest BCUT2D eigenvalue weighted by Crippen LogP contribution is -2.05. The van der Waals surface area contributed by atoms with Crippen LogP contribution in [0.25, 0.3) is 0 Å². The number of aromatic nitrogens is 1. The van der Waals surface area contributed by atoms with Gasteiger partial charge in [0, 0.05) is 18.7 Å². The van der Waals surface area contributed by atoms with E-state index in [-0.39, 0.29) is 0 Å². The maximum Gasteiger partial charge on any atom is 0.0663 e. The van der Waals surface area contributed by atoms with E-state index in [4.69, 9.17) is 11.5 Å². The van der Waals surface area contributed by atoms with Crippen LogP contribution in [-0.4, -0.2) is 4.98 Å². The summed E-state index contributed by atoms with van der Waals surface area (Å²) in [6.45, 7) is 0.516. The van der Waals surface area contributed by atoms with Crippen molar-refractivity contribution < 1.29 is 0 Å². The Morgan fingerprint density at radius 2 is 2.07 bits per heavy atom. The monoisotopic (exact) mass is 191 g/mol. The number of anilines is 1. The molecule has 0 amide bonds. The molecule has 0 atom stereocenters. The smallest absolute Gasteiger partial charge is 0.0663 e. The molecule has 1 fully saturated rings. The zero-order valence-electron chi connectivity index (χ0n) is 8.37. The van der Waals surface area contributed by atoms with E-state index in [1.165, 1.54) is 25.7 Å². The van der Waals surface area contributed by atoms with Crippen molar-refractivity contribution in [1.82, 2.24) is 4.98 Å². The van der Waals surface area contributed by atoms with Crippen LogP contribution in [0.3, 0.4) is 0 Å². The molecule has 1 aliphatic carbocycles. The predicted octanol–water partition coefficient (Wildman–Crippen LogP) is 1.78. The lowest BCUT2D eigenvalue weighted by molar-refractivity contribution is 0.699. The van der Waals surface area contributed by atoms with Gasteiger partial charge in [-0.25, -0.2) is 0 Å². The van der Waals surface area contributed by atoms with Gasteiger partial charge in [0.05, 0.1) is 11.4 Å². The average Bonchev–Trinajstić information content (AvgIpc) is 2.70. The van der Waals surface area contributed by atoms with Gasteiger partial charge < -0.3 is 11.5 Å². The van der Waals surface area contributed by atoms with Gasteiger partial charge in [0.1, 0.15) is 0 Å². The van der Waals surface area contributed by atoms with Crippen molar-refractivity contribution in [3.8, 4) is 0 Å². The summed E-state index contributed by atoms with van der Waals surface area (Å²) in [4.78, 5) is 4.43. The van der Waals surface area contributed by atoms with Crippen molar-refractivity contribution in [3.63, 3.8) is 0 Å². The number of pyridine rings is 1. The first kappa shape index (κ1) is 9.46. The van der Waals surface area contributed by atoms with E-state index in [1.54, 1.807) is 0 Å². The number of nitrogens with two attached hydrogens (primary N) is 2. The average molecular weight is 191 g/mol. The molecule has 0 unspecified atom stereocenters. The van der Waals surface area contributed by atoms with E-state index in [1.807, 2.05) is 12.3 Å². The van der Waals surface area contributed by atoms with E-state index >= 15 is 0 Å². The summed E-state index contributed by atoms with van der Waals surface area (Å²) >= 11 is 0. The van der Waals surface area contributed by atoms with Gasteiger partial charge >= 0.3 is 0 Å². The summed E-state index contributed by atoms with van der Waals surface area (Å²) in [7, 11) is 0. The predicted molar refractivity (Wildman–Crippen MR) is 57.7 cm³/mol. The molecule has 0 aliphatic heterocycles. The summed E-state index contributed by atoms with van der Waals surface area (Å²) in [6.07, 6.45) is 6.94. The molecule has 14 heavy (non-hydrogen) atoms. The largest absolute Gasteiger partial charge is 0.397 e. The molecule has 0 saturated heterocycles. The second-order valence-electron chi connectivity index (χ2n) is 4.00. The third kappa shape index (κ3) is 1.73. The Labute approximate surface area is 84.5 Å². The van der Waals surface area contributed by atoms with Crippen molar-refractivity contribution in [2.24, 2.45) is 5.73 Å². The quantitative estimate of drug-likeness (QED) is 0.749. The molecule has 3 heteroatoms. The van der Waals surface area contributed by atoms with Gasteiger partial charge in [-0.1, -0.05) is 12.8 Å². The Bertz CT molecular complexity index is 316. The van der Waals surface area contributed by atoms with Crippen LogP contribution in [0.2, 0.25) is 0 Å². The molecule has 1 aromatic rings. The molecule has 4 N–H and O–H groups in total. The number of hydrogen-bond donors (Lipinski definition) is 2. The maximum absolute atomic E-state index is 5.96. The molecule has 1 aliphatic rings. The Morgan fingerprint density at radius 1 is 1.36 bits per heavy atom. The van der Waals surface area contributed by atoms with Crippen LogP contribution in [0.5, 0.6) is 0 Å². The van der Waals surface area contributed by atoms with E-state index < -0.39 is 0 Å². The molecule has 1 heterocycles. The number of rotatable bonds is 2. The van der Waals surface area contributed by atoms with Gasteiger partial charge in [-0.2, -0.15) is 0 Å². The zero-order chi connectivity index (χ0) is 9.97. The molecule has 1 saturated carbocycles. The summed E-state index contributed by atoms with van der Waals surface area (Å²) in [6, 6.07) is 1.96. The van der Waals surface area contributed by atoms with Gasteiger partial charge in [-0.15, -0.1) is 0 Å². The highest BCUT2D eigenvalue weighted by Crippen LogP contribution is 2.35. The lowest BCUT2D eigenvalue weighted by atomic mass is 10.0. The van der Waals surface area contributed by atoms with Gasteiger partial charge in [0.15, 0.2) is 0 Å².